The Morgan fingerprint density at radius 3 is 2.42 bits per heavy atom. The number of aromatic nitrogens is 1. The number of benzene rings is 2. The third-order valence-electron chi connectivity index (χ3n) is 3.35. The first-order valence-corrected chi connectivity index (χ1v) is 8.31. The van der Waals surface area contributed by atoms with E-state index in [9.17, 15) is 9.59 Å². The molecule has 5 heteroatoms. The molecular formula is C19H16N2O2S. The fraction of sp³-hybridized carbons (Fsp3) is 0.0526. The minimum absolute atomic E-state index is 0.00991. The van der Waals surface area contributed by atoms with Crippen molar-refractivity contribution >= 4 is 23.4 Å². The van der Waals surface area contributed by atoms with Gasteiger partial charge in [0.25, 0.3) is 5.56 Å². The fourth-order valence-corrected chi connectivity index (χ4v) is 3.13. The van der Waals surface area contributed by atoms with Gasteiger partial charge in [0.2, 0.25) is 5.91 Å². The average molecular weight is 336 g/mol. The molecule has 24 heavy (non-hydrogen) atoms. The van der Waals surface area contributed by atoms with E-state index in [1.807, 2.05) is 54.6 Å². The summed E-state index contributed by atoms with van der Waals surface area (Å²) in [5.41, 5.74) is 0.542. The number of nitrogens with one attached hydrogen (secondary N) is 1. The van der Waals surface area contributed by atoms with Crippen LogP contribution >= 0.6 is 11.8 Å². The van der Waals surface area contributed by atoms with Gasteiger partial charge in [-0.2, -0.15) is 0 Å². The van der Waals surface area contributed by atoms with E-state index in [1.54, 1.807) is 30.1 Å². The largest absolute Gasteiger partial charge is 0.324 e. The second-order valence-electron chi connectivity index (χ2n) is 5.13. The molecule has 3 aromatic rings. The summed E-state index contributed by atoms with van der Waals surface area (Å²) in [7, 11) is 0. The summed E-state index contributed by atoms with van der Waals surface area (Å²) in [6.45, 7) is -0.00991. The van der Waals surface area contributed by atoms with Crippen LogP contribution in [0.1, 0.15) is 0 Å². The van der Waals surface area contributed by atoms with Crippen molar-refractivity contribution in [3.63, 3.8) is 0 Å². The molecule has 0 saturated carbocycles. The summed E-state index contributed by atoms with van der Waals surface area (Å²) in [5.74, 6) is -0.232. The number of carbonyl (C=O) groups is 1. The lowest BCUT2D eigenvalue weighted by atomic mass is 10.3. The Hall–Kier alpha value is -2.79. The molecule has 1 N–H and O–H groups in total. The molecule has 3 rings (SSSR count). The minimum Gasteiger partial charge on any atom is -0.324 e. The van der Waals surface area contributed by atoms with Crippen LogP contribution in [0.5, 0.6) is 0 Å². The quantitative estimate of drug-likeness (QED) is 0.774. The van der Waals surface area contributed by atoms with Crippen LogP contribution < -0.4 is 10.9 Å². The number of rotatable bonds is 5. The summed E-state index contributed by atoms with van der Waals surface area (Å²) >= 11 is 1.58. The Bertz CT molecular complexity index is 891. The van der Waals surface area contributed by atoms with Gasteiger partial charge in [-0.25, -0.2) is 0 Å². The van der Waals surface area contributed by atoms with Crippen molar-refractivity contribution in [1.82, 2.24) is 4.57 Å². The lowest BCUT2D eigenvalue weighted by Crippen LogP contribution is -2.26. The molecule has 1 amide bonds. The van der Waals surface area contributed by atoms with Crippen molar-refractivity contribution in [3.8, 4) is 0 Å². The number of amides is 1. The van der Waals surface area contributed by atoms with E-state index in [0.29, 0.717) is 0 Å². The van der Waals surface area contributed by atoms with Crippen LogP contribution in [-0.2, 0) is 11.3 Å². The second kappa shape index (κ2) is 7.66. The van der Waals surface area contributed by atoms with Crippen LogP contribution in [0.2, 0.25) is 0 Å². The molecule has 4 nitrogen and oxygen atoms in total. The first-order chi connectivity index (χ1) is 11.7. The van der Waals surface area contributed by atoms with E-state index < -0.39 is 0 Å². The van der Waals surface area contributed by atoms with Crippen LogP contribution in [0.25, 0.3) is 0 Å². The molecular weight excluding hydrogens is 320 g/mol. The van der Waals surface area contributed by atoms with Gasteiger partial charge in [-0.05, 0) is 30.3 Å². The summed E-state index contributed by atoms with van der Waals surface area (Å²) < 4.78 is 1.38. The maximum atomic E-state index is 12.3. The molecule has 120 valence electrons. The zero-order valence-corrected chi connectivity index (χ0v) is 13.7. The molecule has 2 aromatic carbocycles. The third-order valence-corrected chi connectivity index (χ3v) is 4.43. The zero-order chi connectivity index (χ0) is 16.8. The molecule has 0 saturated heterocycles. The highest BCUT2D eigenvalue weighted by Crippen LogP contribution is 2.33. The molecule has 0 spiro atoms. The fourth-order valence-electron chi connectivity index (χ4n) is 2.21. The Kier molecular flexibility index (Phi) is 5.13. The van der Waals surface area contributed by atoms with Crippen LogP contribution in [0.15, 0.2) is 93.6 Å². The normalized spacial score (nSPS) is 10.3. The number of carbonyl (C=O) groups excluding carboxylic acids is 1. The lowest BCUT2D eigenvalue weighted by molar-refractivity contribution is -0.116. The monoisotopic (exact) mass is 336 g/mol. The SMILES string of the molecule is O=C(Cn1ccccc1=O)Nc1ccccc1Sc1ccccc1. The number of hydrogen-bond acceptors (Lipinski definition) is 3. The van der Waals surface area contributed by atoms with Crippen molar-refractivity contribution < 1.29 is 4.79 Å². The van der Waals surface area contributed by atoms with Gasteiger partial charge in [0, 0.05) is 22.1 Å². The Morgan fingerprint density at radius 1 is 0.917 bits per heavy atom. The molecule has 0 fully saturated rings. The number of para-hydroxylation sites is 1. The van der Waals surface area contributed by atoms with Gasteiger partial charge in [0.15, 0.2) is 0 Å². The van der Waals surface area contributed by atoms with Crippen molar-refractivity contribution in [3.05, 3.63) is 89.3 Å². The number of nitrogens with zero attached hydrogens (tertiary/aromatic N) is 1. The van der Waals surface area contributed by atoms with Gasteiger partial charge in [-0.1, -0.05) is 48.2 Å². The summed E-state index contributed by atoms with van der Waals surface area (Å²) in [6, 6.07) is 22.4. The van der Waals surface area contributed by atoms with Crippen molar-refractivity contribution in [2.75, 3.05) is 5.32 Å². The van der Waals surface area contributed by atoms with Gasteiger partial charge in [-0.15, -0.1) is 0 Å². The molecule has 0 aliphatic carbocycles. The van der Waals surface area contributed by atoms with Crippen LogP contribution in [0.4, 0.5) is 5.69 Å². The number of pyridine rings is 1. The Morgan fingerprint density at radius 2 is 1.62 bits per heavy atom. The summed E-state index contributed by atoms with van der Waals surface area (Å²) in [5, 5.41) is 2.89. The van der Waals surface area contributed by atoms with Gasteiger partial charge in [0.05, 0.1) is 5.69 Å². The smallest absolute Gasteiger partial charge is 0.250 e. The summed E-state index contributed by atoms with van der Waals surface area (Å²) in [6.07, 6.45) is 1.60. The van der Waals surface area contributed by atoms with E-state index >= 15 is 0 Å². The second-order valence-corrected chi connectivity index (χ2v) is 6.24. The van der Waals surface area contributed by atoms with Crippen molar-refractivity contribution in [2.45, 2.75) is 16.3 Å². The first-order valence-electron chi connectivity index (χ1n) is 7.49. The Labute approximate surface area is 144 Å². The van der Waals surface area contributed by atoms with Crippen molar-refractivity contribution in [1.29, 1.82) is 0 Å². The van der Waals surface area contributed by atoms with E-state index in [4.69, 9.17) is 0 Å². The molecule has 0 aliphatic heterocycles. The lowest BCUT2D eigenvalue weighted by Gasteiger charge is -2.11. The molecule has 0 aliphatic rings. The highest BCUT2D eigenvalue weighted by atomic mass is 32.2. The minimum atomic E-state index is -0.232. The molecule has 1 heterocycles. The van der Waals surface area contributed by atoms with Crippen LogP contribution in [0, 0.1) is 0 Å². The van der Waals surface area contributed by atoms with E-state index in [2.05, 4.69) is 5.32 Å². The van der Waals surface area contributed by atoms with E-state index in [-0.39, 0.29) is 18.0 Å². The first kappa shape index (κ1) is 16.1. The molecule has 0 atom stereocenters. The predicted octanol–water partition coefficient (Wildman–Crippen LogP) is 3.64. The third kappa shape index (κ3) is 4.14. The number of anilines is 1. The Balaban J connectivity index is 1.74. The summed E-state index contributed by atoms with van der Waals surface area (Å²) in [4.78, 5) is 26.0. The van der Waals surface area contributed by atoms with Gasteiger partial charge >= 0.3 is 0 Å². The van der Waals surface area contributed by atoms with Gasteiger partial charge in [-0.3, -0.25) is 9.59 Å². The zero-order valence-electron chi connectivity index (χ0n) is 12.9. The molecule has 1 aromatic heterocycles. The van der Waals surface area contributed by atoms with E-state index in [0.717, 1.165) is 15.5 Å². The highest BCUT2D eigenvalue weighted by molar-refractivity contribution is 7.99. The standard InChI is InChI=1S/C19H16N2O2S/c22-18(14-21-13-7-6-12-19(21)23)20-16-10-4-5-11-17(16)24-15-8-2-1-3-9-15/h1-13H,14H2,(H,20,22). The van der Waals surface area contributed by atoms with Crippen LogP contribution in [-0.4, -0.2) is 10.5 Å². The maximum absolute atomic E-state index is 12.3. The van der Waals surface area contributed by atoms with E-state index in [1.165, 1.54) is 10.6 Å². The average Bonchev–Trinajstić information content (AvgIpc) is 2.60. The van der Waals surface area contributed by atoms with Gasteiger partial charge in [0.1, 0.15) is 6.54 Å². The number of hydrogen-bond donors (Lipinski definition) is 1. The van der Waals surface area contributed by atoms with Gasteiger partial charge < -0.3 is 9.88 Å². The molecule has 0 radical (unpaired) electrons. The highest BCUT2D eigenvalue weighted by Gasteiger charge is 2.09. The molecule has 0 unspecified atom stereocenters. The van der Waals surface area contributed by atoms with Crippen LogP contribution in [0.3, 0.4) is 0 Å². The maximum Gasteiger partial charge on any atom is 0.250 e. The topological polar surface area (TPSA) is 51.1 Å². The van der Waals surface area contributed by atoms with Crippen molar-refractivity contribution in [2.24, 2.45) is 0 Å². The molecule has 0 bridgehead atoms. The predicted molar refractivity (Wildman–Crippen MR) is 96.3 cm³/mol.